The summed E-state index contributed by atoms with van der Waals surface area (Å²) in [5, 5.41) is 4.84. The van der Waals surface area contributed by atoms with Crippen LogP contribution in [0.5, 0.6) is 0 Å². The Balaban J connectivity index is 2.52. The number of hydrogen-bond acceptors (Lipinski definition) is 1. The molecule has 0 radical (unpaired) electrons. The summed E-state index contributed by atoms with van der Waals surface area (Å²) in [6, 6.07) is 12.4. The summed E-state index contributed by atoms with van der Waals surface area (Å²) >= 11 is 0. The van der Waals surface area contributed by atoms with Gasteiger partial charge in [0.15, 0.2) is 0 Å². The fourth-order valence-electron chi connectivity index (χ4n) is 2.68. The molecule has 0 fully saturated rings. The predicted octanol–water partition coefficient (Wildman–Crippen LogP) is 2.61. The fourth-order valence-corrected chi connectivity index (χ4v) is 2.68. The highest BCUT2D eigenvalue weighted by Gasteiger charge is 2.11. The third kappa shape index (κ3) is 0.940. The van der Waals surface area contributed by atoms with Crippen molar-refractivity contribution in [3.05, 3.63) is 46.9 Å². The van der Waals surface area contributed by atoms with Gasteiger partial charge in [-0.2, -0.15) is 0 Å². The molecule has 0 unspecified atom stereocenters. The molecule has 0 saturated heterocycles. The van der Waals surface area contributed by atoms with Gasteiger partial charge in [0.05, 0.1) is 11.0 Å². The van der Waals surface area contributed by atoms with Crippen molar-refractivity contribution in [2.24, 2.45) is 7.05 Å². The second-order valence-electron chi connectivity index (χ2n) is 4.45. The minimum Gasteiger partial charge on any atom is -0.307 e. The average Bonchev–Trinajstić information content (AvgIpc) is 2.76. The van der Waals surface area contributed by atoms with Crippen LogP contribution in [0.2, 0.25) is 0 Å². The summed E-state index contributed by atoms with van der Waals surface area (Å²) in [4.78, 5) is 14.7. The van der Waals surface area contributed by atoms with E-state index in [-0.39, 0.29) is 5.69 Å². The van der Waals surface area contributed by atoms with E-state index in [0.717, 1.165) is 16.4 Å². The summed E-state index contributed by atoms with van der Waals surface area (Å²) < 4.78 is 1.66. The zero-order valence-corrected chi connectivity index (χ0v) is 9.32. The van der Waals surface area contributed by atoms with Gasteiger partial charge in [0.2, 0.25) is 0 Å². The number of hydrogen-bond donors (Lipinski definition) is 1. The molecule has 0 atom stereocenters. The molecule has 0 saturated carbocycles. The molecule has 4 rings (SSSR count). The van der Waals surface area contributed by atoms with Gasteiger partial charge in [-0.05, 0) is 22.9 Å². The molecule has 1 aromatic heterocycles. The summed E-state index contributed by atoms with van der Waals surface area (Å²) in [6.07, 6.45) is 0. The molecule has 1 heterocycles. The molecular weight excluding hydrogens is 212 g/mol. The van der Waals surface area contributed by atoms with Crippen LogP contribution in [-0.2, 0) is 7.05 Å². The van der Waals surface area contributed by atoms with E-state index in [9.17, 15) is 4.79 Å². The van der Waals surface area contributed by atoms with Crippen LogP contribution < -0.4 is 5.69 Å². The highest BCUT2D eigenvalue weighted by Crippen LogP contribution is 2.33. The minimum atomic E-state index is -0.0773. The monoisotopic (exact) mass is 222 g/mol. The van der Waals surface area contributed by atoms with E-state index in [1.165, 1.54) is 16.2 Å². The third-order valence-corrected chi connectivity index (χ3v) is 3.55. The Morgan fingerprint density at radius 3 is 2.35 bits per heavy atom. The number of benzene rings is 2. The maximum Gasteiger partial charge on any atom is 0.326 e. The normalized spacial score (nSPS) is 12.1. The number of aryl methyl sites for hydroxylation is 1. The first-order chi connectivity index (χ1) is 8.25. The summed E-state index contributed by atoms with van der Waals surface area (Å²) in [5.41, 5.74) is 1.81. The average molecular weight is 222 g/mol. The highest BCUT2D eigenvalue weighted by molar-refractivity contribution is 6.22. The second-order valence-corrected chi connectivity index (χ2v) is 4.45. The lowest BCUT2D eigenvalue weighted by molar-refractivity contribution is 0.862. The number of nitrogens with zero attached hydrogens (tertiary/aromatic N) is 1. The summed E-state index contributed by atoms with van der Waals surface area (Å²) in [5.74, 6) is 0. The summed E-state index contributed by atoms with van der Waals surface area (Å²) in [6.45, 7) is 0. The van der Waals surface area contributed by atoms with Crippen LogP contribution in [0, 0.1) is 0 Å². The zero-order chi connectivity index (χ0) is 11.6. The Hall–Kier alpha value is -2.29. The SMILES string of the molecule is Cn1c(=O)[nH]c2ccc3ccc4ccc1c2c34. The molecule has 4 aromatic rings. The van der Waals surface area contributed by atoms with Gasteiger partial charge in [-0.1, -0.05) is 24.3 Å². The Kier molecular flexibility index (Phi) is 1.39. The van der Waals surface area contributed by atoms with Crippen LogP contribution in [0.4, 0.5) is 0 Å². The van der Waals surface area contributed by atoms with Crippen LogP contribution in [-0.4, -0.2) is 9.55 Å². The van der Waals surface area contributed by atoms with E-state index >= 15 is 0 Å². The van der Waals surface area contributed by atoms with Crippen LogP contribution in [0.15, 0.2) is 41.2 Å². The smallest absolute Gasteiger partial charge is 0.307 e. The molecule has 0 aliphatic heterocycles. The van der Waals surface area contributed by atoms with Gasteiger partial charge in [0, 0.05) is 17.8 Å². The maximum absolute atomic E-state index is 11.8. The molecule has 0 spiro atoms. The van der Waals surface area contributed by atoms with Crippen LogP contribution in [0.3, 0.4) is 0 Å². The van der Waals surface area contributed by atoms with Crippen molar-refractivity contribution in [1.29, 1.82) is 0 Å². The number of aromatic nitrogens is 2. The lowest BCUT2D eigenvalue weighted by Gasteiger charge is -2.09. The van der Waals surface area contributed by atoms with Gasteiger partial charge in [0.1, 0.15) is 0 Å². The fraction of sp³-hybridized carbons (Fsp3) is 0.0714. The molecule has 1 N–H and O–H groups in total. The van der Waals surface area contributed by atoms with Crippen molar-refractivity contribution < 1.29 is 0 Å². The molecule has 3 nitrogen and oxygen atoms in total. The first kappa shape index (κ1) is 8.82. The number of rotatable bonds is 0. The number of aromatic amines is 1. The van der Waals surface area contributed by atoms with Gasteiger partial charge in [-0.3, -0.25) is 4.57 Å². The molecule has 17 heavy (non-hydrogen) atoms. The van der Waals surface area contributed by atoms with Crippen LogP contribution in [0.1, 0.15) is 0 Å². The predicted molar refractivity (Wildman–Crippen MR) is 69.7 cm³/mol. The molecule has 82 valence electrons. The lowest BCUT2D eigenvalue weighted by Crippen LogP contribution is -2.20. The van der Waals surface area contributed by atoms with E-state index in [0.29, 0.717) is 0 Å². The second kappa shape index (κ2) is 2.69. The van der Waals surface area contributed by atoms with Crippen molar-refractivity contribution in [3.63, 3.8) is 0 Å². The number of nitrogens with one attached hydrogen (secondary N) is 1. The van der Waals surface area contributed by atoms with Crippen molar-refractivity contribution in [2.75, 3.05) is 0 Å². The first-order valence-electron chi connectivity index (χ1n) is 5.58. The maximum atomic E-state index is 11.8. The van der Waals surface area contributed by atoms with Gasteiger partial charge >= 0.3 is 5.69 Å². The van der Waals surface area contributed by atoms with E-state index in [1.54, 1.807) is 11.6 Å². The third-order valence-electron chi connectivity index (χ3n) is 3.55. The van der Waals surface area contributed by atoms with Crippen LogP contribution >= 0.6 is 0 Å². The summed E-state index contributed by atoms with van der Waals surface area (Å²) in [7, 11) is 1.80. The molecule has 0 aliphatic rings. The van der Waals surface area contributed by atoms with E-state index in [1.807, 2.05) is 12.1 Å². The Bertz CT molecular complexity index is 899. The molecule has 3 aromatic carbocycles. The minimum absolute atomic E-state index is 0.0773. The molecule has 0 amide bonds. The van der Waals surface area contributed by atoms with Crippen molar-refractivity contribution >= 4 is 32.6 Å². The number of H-pyrrole nitrogens is 1. The van der Waals surface area contributed by atoms with Crippen LogP contribution in [0.25, 0.3) is 32.6 Å². The standard InChI is InChI=1S/C14H10N2O/c1-16-11-7-5-9-3-2-8-4-6-10(15-14(16)17)13(11)12(8)9/h2-7H,1H3,(H,15,17). The zero-order valence-electron chi connectivity index (χ0n) is 9.32. The van der Waals surface area contributed by atoms with Crippen molar-refractivity contribution in [3.8, 4) is 0 Å². The molecular formula is C14H10N2O. The van der Waals surface area contributed by atoms with E-state index < -0.39 is 0 Å². The van der Waals surface area contributed by atoms with Gasteiger partial charge in [-0.25, -0.2) is 4.79 Å². The van der Waals surface area contributed by atoms with Gasteiger partial charge in [0.25, 0.3) is 0 Å². The van der Waals surface area contributed by atoms with Crippen molar-refractivity contribution in [2.45, 2.75) is 0 Å². The van der Waals surface area contributed by atoms with Crippen molar-refractivity contribution in [1.82, 2.24) is 9.55 Å². The quantitative estimate of drug-likeness (QED) is 0.488. The Labute approximate surface area is 96.6 Å². The first-order valence-corrected chi connectivity index (χ1v) is 5.58. The molecule has 0 bridgehead atoms. The Morgan fingerprint density at radius 1 is 0.941 bits per heavy atom. The molecule has 0 aliphatic carbocycles. The largest absolute Gasteiger partial charge is 0.326 e. The highest BCUT2D eigenvalue weighted by atomic mass is 16.1. The van der Waals surface area contributed by atoms with Gasteiger partial charge in [-0.15, -0.1) is 0 Å². The Morgan fingerprint density at radius 2 is 1.59 bits per heavy atom. The lowest BCUT2D eigenvalue weighted by atomic mass is 10.0. The van der Waals surface area contributed by atoms with E-state index in [4.69, 9.17) is 0 Å². The molecule has 3 heteroatoms. The topological polar surface area (TPSA) is 37.8 Å². The van der Waals surface area contributed by atoms with E-state index in [2.05, 4.69) is 29.2 Å². The van der Waals surface area contributed by atoms with Gasteiger partial charge < -0.3 is 4.98 Å².